The second-order valence-electron chi connectivity index (χ2n) is 6.44. The van der Waals surface area contributed by atoms with Crippen molar-refractivity contribution < 1.29 is 5.11 Å². The fourth-order valence-electron chi connectivity index (χ4n) is 3.77. The van der Waals surface area contributed by atoms with Crippen LogP contribution in [-0.2, 0) is 0 Å². The van der Waals surface area contributed by atoms with Crippen LogP contribution in [0.1, 0.15) is 7.43 Å². The van der Waals surface area contributed by atoms with E-state index >= 15 is 0 Å². The molecule has 4 aromatic carbocycles. The minimum Gasteiger partial charge on any atom is -0.508 e. The fraction of sp³-hybridized carbons (Fsp3) is 0.0769. The summed E-state index contributed by atoms with van der Waals surface area (Å²) in [6.07, 6.45) is 1.69. The molecule has 0 radical (unpaired) electrons. The molecule has 0 bridgehead atoms. The molecule has 1 heterocycles. The van der Waals surface area contributed by atoms with Gasteiger partial charge in [-0.15, -0.1) is 0 Å². The number of thiol groups is 1. The third kappa shape index (κ3) is 3.62. The van der Waals surface area contributed by atoms with E-state index in [1.165, 1.54) is 0 Å². The number of phenolic OH excluding ortho intramolecular Hbond substituents is 1. The maximum absolute atomic E-state index is 10.4. The lowest BCUT2D eigenvalue weighted by Crippen LogP contribution is -1.95. The molecule has 0 fully saturated rings. The third-order valence-electron chi connectivity index (χ3n) is 4.85. The third-order valence-corrected chi connectivity index (χ3v) is 4.85. The van der Waals surface area contributed by atoms with Crippen molar-refractivity contribution in [3.05, 3.63) is 97.1 Å². The van der Waals surface area contributed by atoms with E-state index in [1.54, 1.807) is 6.26 Å². The highest BCUT2D eigenvalue weighted by Gasteiger charge is 2.17. The van der Waals surface area contributed by atoms with Crippen LogP contribution in [0.25, 0.3) is 38.6 Å². The Kier molecular flexibility index (Phi) is 6.30. The van der Waals surface area contributed by atoms with Gasteiger partial charge in [0.05, 0.1) is 11.0 Å². The van der Waals surface area contributed by atoms with Gasteiger partial charge in [-0.3, -0.25) is 0 Å². The van der Waals surface area contributed by atoms with Crippen LogP contribution < -0.4 is 0 Å². The van der Waals surface area contributed by atoms with Crippen LogP contribution in [0.5, 0.6) is 5.75 Å². The molecule has 0 aliphatic carbocycles. The number of para-hydroxylation sites is 2. The van der Waals surface area contributed by atoms with Crippen molar-refractivity contribution >= 4 is 34.4 Å². The lowest BCUT2D eigenvalue weighted by Gasteiger charge is -2.12. The highest BCUT2D eigenvalue weighted by molar-refractivity contribution is 7.79. The molecular weight excluding hydrogens is 374 g/mol. The highest BCUT2D eigenvalue weighted by Crippen LogP contribution is 2.40. The van der Waals surface area contributed by atoms with E-state index in [-0.39, 0.29) is 13.2 Å². The van der Waals surface area contributed by atoms with Crippen LogP contribution in [-0.4, -0.2) is 15.9 Å². The predicted octanol–water partition coefficient (Wildman–Crippen LogP) is 7.34. The molecule has 1 N–H and O–H groups in total. The summed E-state index contributed by atoms with van der Waals surface area (Å²) in [6, 6.07) is 32.7. The Balaban J connectivity index is 0.000000778. The molecule has 3 heteroatoms. The molecule has 0 atom stereocenters. The summed E-state index contributed by atoms with van der Waals surface area (Å²) in [6.45, 7) is 0. The summed E-state index contributed by atoms with van der Waals surface area (Å²) in [7, 11) is 0. The molecule has 2 nitrogen and oxygen atoms in total. The normalized spacial score (nSPS) is 10.3. The average Bonchev–Trinajstić information content (AvgIpc) is 3.10. The topological polar surface area (TPSA) is 25.2 Å². The molecule has 5 rings (SSSR count). The molecule has 0 spiro atoms. The molecular formula is C26H25NOS. The van der Waals surface area contributed by atoms with Crippen LogP contribution in [0, 0.1) is 0 Å². The minimum absolute atomic E-state index is 0. The Morgan fingerprint density at radius 1 is 0.690 bits per heavy atom. The Hall–Kier alpha value is -3.17. The van der Waals surface area contributed by atoms with Crippen LogP contribution in [0.4, 0.5) is 0 Å². The lowest BCUT2D eigenvalue weighted by molar-refractivity contribution is 0.476. The van der Waals surface area contributed by atoms with Gasteiger partial charge in [0.15, 0.2) is 0 Å². The van der Waals surface area contributed by atoms with Gasteiger partial charge in [-0.25, -0.2) is 0 Å². The van der Waals surface area contributed by atoms with Crippen LogP contribution in [0.3, 0.4) is 0 Å². The quantitative estimate of drug-likeness (QED) is 0.298. The number of nitrogens with zero attached hydrogens (tertiary/aromatic N) is 1. The van der Waals surface area contributed by atoms with Crippen molar-refractivity contribution in [1.29, 1.82) is 0 Å². The zero-order valence-electron chi connectivity index (χ0n) is 15.6. The molecule has 0 unspecified atom stereocenters. The van der Waals surface area contributed by atoms with Gasteiger partial charge in [0.2, 0.25) is 0 Å². The lowest BCUT2D eigenvalue weighted by atomic mass is 10.0. The molecule has 0 saturated carbocycles. The molecule has 1 aromatic heterocycles. The van der Waals surface area contributed by atoms with Gasteiger partial charge < -0.3 is 9.67 Å². The second-order valence-corrected chi connectivity index (χ2v) is 6.44. The first-order chi connectivity index (χ1) is 13.8. The standard InChI is InChI=1S/C24H17NO.CH4S.CH4/c26-19-15-21(17-9-3-1-4-10-17)24-22(16-19)20-13-7-8-14-23(20)25(24)18-11-5-2-6-12-18;1-2;/h1-16,26H;2H,1H3;1H4. The summed E-state index contributed by atoms with van der Waals surface area (Å²) < 4.78 is 2.28. The largest absolute Gasteiger partial charge is 0.508 e. The molecule has 0 amide bonds. The molecule has 0 saturated heterocycles. The highest BCUT2D eigenvalue weighted by atomic mass is 32.1. The Morgan fingerprint density at radius 3 is 1.97 bits per heavy atom. The van der Waals surface area contributed by atoms with E-state index in [2.05, 4.69) is 71.8 Å². The van der Waals surface area contributed by atoms with Gasteiger partial charge in [0.1, 0.15) is 5.75 Å². The van der Waals surface area contributed by atoms with E-state index in [9.17, 15) is 5.11 Å². The van der Waals surface area contributed by atoms with Gasteiger partial charge in [0, 0.05) is 22.0 Å². The van der Waals surface area contributed by atoms with Crippen molar-refractivity contribution in [2.24, 2.45) is 0 Å². The summed E-state index contributed by atoms with van der Waals surface area (Å²) in [5, 5.41) is 12.6. The SMILES string of the molecule is C.CS.Oc1cc(-c2ccccc2)c2c(c1)c1ccccc1n2-c1ccccc1. The van der Waals surface area contributed by atoms with Crippen LogP contribution in [0.2, 0.25) is 0 Å². The van der Waals surface area contributed by atoms with Gasteiger partial charge in [0.25, 0.3) is 0 Å². The number of phenols is 1. The fourth-order valence-corrected chi connectivity index (χ4v) is 3.77. The summed E-state index contributed by atoms with van der Waals surface area (Å²) in [5.41, 5.74) is 5.48. The number of aromatic nitrogens is 1. The number of fused-ring (bicyclic) bond motifs is 3. The molecule has 29 heavy (non-hydrogen) atoms. The predicted molar refractivity (Wildman–Crippen MR) is 130 cm³/mol. The molecule has 0 aliphatic rings. The van der Waals surface area contributed by atoms with Crippen LogP contribution in [0.15, 0.2) is 97.1 Å². The molecule has 146 valence electrons. The molecule has 0 aliphatic heterocycles. The zero-order chi connectivity index (χ0) is 19.5. The number of rotatable bonds is 2. The van der Waals surface area contributed by atoms with Gasteiger partial charge in [-0.1, -0.05) is 74.2 Å². The Morgan fingerprint density at radius 2 is 1.28 bits per heavy atom. The Bertz CT molecular complexity index is 1230. The number of aromatic hydroxyl groups is 1. The van der Waals surface area contributed by atoms with Gasteiger partial charge in [-0.2, -0.15) is 12.6 Å². The van der Waals surface area contributed by atoms with Crippen LogP contribution >= 0.6 is 12.6 Å². The first kappa shape index (κ1) is 20.6. The van der Waals surface area contributed by atoms with Gasteiger partial charge in [-0.05, 0) is 42.2 Å². The first-order valence-corrected chi connectivity index (χ1v) is 10.0. The van der Waals surface area contributed by atoms with E-state index in [4.69, 9.17) is 0 Å². The van der Waals surface area contributed by atoms with Crippen molar-refractivity contribution in [2.45, 2.75) is 7.43 Å². The van der Waals surface area contributed by atoms with Crippen molar-refractivity contribution in [2.75, 3.05) is 6.26 Å². The van der Waals surface area contributed by atoms with Crippen molar-refractivity contribution in [1.82, 2.24) is 4.57 Å². The second kappa shape index (κ2) is 8.89. The van der Waals surface area contributed by atoms with Crippen molar-refractivity contribution in [3.8, 4) is 22.6 Å². The maximum atomic E-state index is 10.4. The molecule has 5 aromatic rings. The van der Waals surface area contributed by atoms with Gasteiger partial charge >= 0.3 is 0 Å². The Labute approximate surface area is 177 Å². The van der Waals surface area contributed by atoms with E-state index < -0.39 is 0 Å². The van der Waals surface area contributed by atoms with E-state index in [0.717, 1.165) is 38.6 Å². The smallest absolute Gasteiger partial charge is 0.116 e. The first-order valence-electron chi connectivity index (χ1n) is 9.15. The maximum Gasteiger partial charge on any atom is 0.116 e. The zero-order valence-corrected chi connectivity index (χ0v) is 16.5. The number of hydrogen-bond donors (Lipinski definition) is 2. The summed E-state index contributed by atoms with van der Waals surface area (Å²) in [4.78, 5) is 0. The number of benzene rings is 4. The van der Waals surface area contributed by atoms with E-state index in [1.807, 2.05) is 42.5 Å². The summed E-state index contributed by atoms with van der Waals surface area (Å²) >= 11 is 3.53. The average molecular weight is 400 g/mol. The number of hydrogen-bond acceptors (Lipinski definition) is 2. The van der Waals surface area contributed by atoms with Crippen molar-refractivity contribution in [3.63, 3.8) is 0 Å². The minimum atomic E-state index is 0. The van der Waals surface area contributed by atoms with E-state index in [0.29, 0.717) is 0 Å². The summed E-state index contributed by atoms with van der Waals surface area (Å²) in [5.74, 6) is 0.285. The monoisotopic (exact) mass is 399 g/mol.